The van der Waals surface area contributed by atoms with Gasteiger partial charge in [0.2, 0.25) is 0 Å². The molecule has 0 bridgehead atoms. The first-order chi connectivity index (χ1) is 13.7. The number of allylic oxidation sites excluding steroid dienone is 5. The molecular weight excluding hydrogens is 336 g/mol. The molecule has 138 valence electrons. The van der Waals surface area contributed by atoms with Crippen LogP contribution < -0.4 is 0 Å². The fourth-order valence-electron chi connectivity index (χ4n) is 4.63. The predicted octanol–water partition coefficient (Wildman–Crippen LogP) is 7.11. The second-order valence-corrected chi connectivity index (χ2v) is 7.35. The van der Waals surface area contributed by atoms with E-state index in [0.29, 0.717) is 0 Å². The number of hydrogen-bond donors (Lipinski definition) is 0. The molecular formula is C28H26. The second kappa shape index (κ2) is 7.48. The van der Waals surface area contributed by atoms with Crippen LogP contribution in [0, 0.1) is 0 Å². The monoisotopic (exact) mass is 362 g/mol. The van der Waals surface area contributed by atoms with Gasteiger partial charge in [-0.3, -0.25) is 0 Å². The van der Waals surface area contributed by atoms with Crippen molar-refractivity contribution < 1.29 is 0 Å². The van der Waals surface area contributed by atoms with E-state index in [2.05, 4.69) is 105 Å². The molecule has 3 aromatic rings. The van der Waals surface area contributed by atoms with Gasteiger partial charge in [0.05, 0.1) is 5.41 Å². The maximum Gasteiger partial charge on any atom is 0.0673 e. The summed E-state index contributed by atoms with van der Waals surface area (Å²) in [7, 11) is 0. The third-order valence-electron chi connectivity index (χ3n) is 5.97. The molecule has 4 rings (SSSR count). The van der Waals surface area contributed by atoms with Gasteiger partial charge in [-0.1, -0.05) is 111 Å². The maximum atomic E-state index is 3.87. The summed E-state index contributed by atoms with van der Waals surface area (Å²) in [5, 5.41) is 0. The molecule has 0 fully saturated rings. The maximum absolute atomic E-state index is 3.87. The van der Waals surface area contributed by atoms with E-state index >= 15 is 0 Å². The van der Waals surface area contributed by atoms with Gasteiger partial charge in [0.15, 0.2) is 0 Å². The highest BCUT2D eigenvalue weighted by atomic mass is 14.5. The van der Waals surface area contributed by atoms with Crippen LogP contribution in [0.4, 0.5) is 0 Å². The lowest BCUT2D eigenvalue weighted by molar-refractivity contribution is 0.741. The SMILES string of the molecule is C=C/C=C\C1=C(C)C(c2ccccc2)(c2ccccc2)c2cc(CC)ccc21. The molecule has 0 unspecified atom stereocenters. The van der Waals surface area contributed by atoms with E-state index in [1.54, 1.807) is 0 Å². The quantitative estimate of drug-likeness (QED) is 0.424. The van der Waals surface area contributed by atoms with Crippen LogP contribution in [0.15, 0.2) is 109 Å². The highest BCUT2D eigenvalue weighted by molar-refractivity contribution is 5.90. The minimum absolute atomic E-state index is 0.274. The van der Waals surface area contributed by atoms with Crippen LogP contribution in [-0.2, 0) is 11.8 Å². The Labute approximate surface area is 168 Å². The van der Waals surface area contributed by atoms with Gasteiger partial charge < -0.3 is 0 Å². The average molecular weight is 363 g/mol. The number of rotatable bonds is 5. The van der Waals surface area contributed by atoms with Crippen molar-refractivity contribution in [3.63, 3.8) is 0 Å². The zero-order valence-corrected chi connectivity index (χ0v) is 16.7. The number of fused-ring (bicyclic) bond motifs is 1. The van der Waals surface area contributed by atoms with E-state index in [9.17, 15) is 0 Å². The van der Waals surface area contributed by atoms with E-state index in [1.807, 2.05) is 12.2 Å². The van der Waals surface area contributed by atoms with Crippen molar-refractivity contribution in [3.05, 3.63) is 137 Å². The van der Waals surface area contributed by atoms with Crippen LogP contribution in [0.1, 0.15) is 41.7 Å². The summed E-state index contributed by atoms with van der Waals surface area (Å²) < 4.78 is 0. The fourth-order valence-corrected chi connectivity index (χ4v) is 4.63. The van der Waals surface area contributed by atoms with Crippen LogP contribution >= 0.6 is 0 Å². The summed E-state index contributed by atoms with van der Waals surface area (Å²) in [5.74, 6) is 0. The van der Waals surface area contributed by atoms with E-state index in [1.165, 1.54) is 39.0 Å². The van der Waals surface area contributed by atoms with Crippen molar-refractivity contribution in [1.29, 1.82) is 0 Å². The molecule has 0 spiro atoms. The number of benzene rings is 3. The molecule has 28 heavy (non-hydrogen) atoms. The van der Waals surface area contributed by atoms with E-state index < -0.39 is 0 Å². The van der Waals surface area contributed by atoms with Gasteiger partial charge in [-0.2, -0.15) is 0 Å². The average Bonchev–Trinajstić information content (AvgIpc) is 3.01. The fraction of sp³-hybridized carbons (Fsp3) is 0.143. The van der Waals surface area contributed by atoms with Gasteiger partial charge in [-0.15, -0.1) is 0 Å². The van der Waals surface area contributed by atoms with Crippen LogP contribution in [0.3, 0.4) is 0 Å². The molecule has 1 aliphatic carbocycles. The summed E-state index contributed by atoms with van der Waals surface area (Å²) in [5.41, 5.74) is 9.09. The lowest BCUT2D eigenvalue weighted by atomic mass is 9.67. The summed E-state index contributed by atoms with van der Waals surface area (Å²) in [6.45, 7) is 8.38. The lowest BCUT2D eigenvalue weighted by Crippen LogP contribution is -2.29. The number of aryl methyl sites for hydroxylation is 1. The van der Waals surface area contributed by atoms with Gasteiger partial charge in [0.1, 0.15) is 0 Å². The Kier molecular flexibility index (Phi) is 4.88. The molecule has 3 aromatic carbocycles. The normalized spacial score (nSPS) is 15.1. The highest BCUT2D eigenvalue weighted by Gasteiger charge is 2.45. The first-order valence-electron chi connectivity index (χ1n) is 9.98. The summed E-state index contributed by atoms with van der Waals surface area (Å²) in [4.78, 5) is 0. The Morgan fingerprint density at radius 3 is 2.00 bits per heavy atom. The van der Waals surface area contributed by atoms with Crippen molar-refractivity contribution in [1.82, 2.24) is 0 Å². The Hall–Kier alpha value is -3.12. The zero-order chi connectivity index (χ0) is 19.6. The summed E-state index contributed by atoms with van der Waals surface area (Å²) >= 11 is 0. The van der Waals surface area contributed by atoms with Crippen LogP contribution in [0.25, 0.3) is 5.57 Å². The number of hydrogen-bond acceptors (Lipinski definition) is 0. The van der Waals surface area contributed by atoms with Gasteiger partial charge in [-0.25, -0.2) is 0 Å². The van der Waals surface area contributed by atoms with E-state index in [4.69, 9.17) is 0 Å². The predicted molar refractivity (Wildman–Crippen MR) is 121 cm³/mol. The van der Waals surface area contributed by atoms with Gasteiger partial charge in [0, 0.05) is 0 Å². The molecule has 0 amide bonds. The Morgan fingerprint density at radius 1 is 0.857 bits per heavy atom. The first-order valence-corrected chi connectivity index (χ1v) is 9.98. The Morgan fingerprint density at radius 2 is 1.46 bits per heavy atom. The van der Waals surface area contributed by atoms with Crippen molar-refractivity contribution in [2.75, 3.05) is 0 Å². The molecule has 0 heterocycles. The molecule has 0 aliphatic heterocycles. The van der Waals surface area contributed by atoms with Crippen molar-refractivity contribution in [2.24, 2.45) is 0 Å². The second-order valence-electron chi connectivity index (χ2n) is 7.35. The third kappa shape index (κ3) is 2.68. The van der Waals surface area contributed by atoms with Gasteiger partial charge in [-0.05, 0) is 52.3 Å². The Bertz CT molecular complexity index is 1010. The molecule has 1 aliphatic rings. The van der Waals surface area contributed by atoms with Crippen molar-refractivity contribution >= 4 is 5.57 Å². The van der Waals surface area contributed by atoms with Gasteiger partial charge in [0.25, 0.3) is 0 Å². The molecule has 0 saturated carbocycles. The molecule has 0 nitrogen and oxygen atoms in total. The smallest absolute Gasteiger partial charge is 0.0673 e. The van der Waals surface area contributed by atoms with Gasteiger partial charge >= 0.3 is 0 Å². The molecule has 0 heteroatoms. The Balaban J connectivity index is 2.15. The molecule has 0 N–H and O–H groups in total. The van der Waals surface area contributed by atoms with Crippen molar-refractivity contribution in [2.45, 2.75) is 25.7 Å². The lowest BCUT2D eigenvalue weighted by Gasteiger charge is -2.34. The summed E-state index contributed by atoms with van der Waals surface area (Å²) in [6, 6.07) is 28.8. The topological polar surface area (TPSA) is 0 Å². The zero-order valence-electron chi connectivity index (χ0n) is 16.7. The minimum atomic E-state index is -0.274. The first kappa shape index (κ1) is 18.3. The molecule has 0 aromatic heterocycles. The minimum Gasteiger partial charge on any atom is -0.0991 e. The molecule has 0 radical (unpaired) electrons. The molecule has 0 atom stereocenters. The standard InChI is InChI=1S/C28H26/c1-4-6-17-25-21(3)28(23-13-9-7-10-14-23,24-15-11-8-12-16-24)27-20-22(5-2)18-19-26(25)27/h4,6-20H,1,5H2,2-3H3/b17-6-. The van der Waals surface area contributed by atoms with Crippen molar-refractivity contribution in [3.8, 4) is 0 Å². The van der Waals surface area contributed by atoms with E-state index in [-0.39, 0.29) is 5.41 Å². The third-order valence-corrected chi connectivity index (χ3v) is 5.97. The van der Waals surface area contributed by atoms with Crippen LogP contribution in [-0.4, -0.2) is 0 Å². The molecule has 0 saturated heterocycles. The van der Waals surface area contributed by atoms with E-state index in [0.717, 1.165) is 6.42 Å². The largest absolute Gasteiger partial charge is 0.0991 e. The highest BCUT2D eigenvalue weighted by Crippen LogP contribution is 2.54. The van der Waals surface area contributed by atoms with Crippen LogP contribution in [0.5, 0.6) is 0 Å². The summed E-state index contributed by atoms with van der Waals surface area (Å²) in [6.07, 6.45) is 7.14. The van der Waals surface area contributed by atoms with Crippen LogP contribution in [0.2, 0.25) is 0 Å².